The highest BCUT2D eigenvalue weighted by atomic mass is 79.9. The number of carboxylic acid groups (broad SMARTS) is 1. The highest BCUT2D eigenvalue weighted by molar-refractivity contribution is 9.09. The minimum absolute atomic E-state index is 0.00278. The largest absolute Gasteiger partial charge is 0.507 e. The zero-order chi connectivity index (χ0) is 30.5. The molecule has 218 valence electrons. The van der Waals surface area contributed by atoms with Crippen LogP contribution in [0.1, 0.15) is 40.2 Å². The molecule has 13 heteroatoms. The SMILES string of the molecule is Cc1cccc([C@H]2C3=CC[C@@H]4C(=O)N(c5ccc(C(=O)O)c(O)c5)C(=O)[C@@H]4[C@@H]3C[C@@]3(Cl)C(=O)N(CBr)C(=O)[C@@]23Cl)c1O. The van der Waals surface area contributed by atoms with Gasteiger partial charge in [0.2, 0.25) is 11.8 Å². The van der Waals surface area contributed by atoms with Crippen molar-refractivity contribution >= 4 is 74.4 Å². The number of para-hydroxylation sites is 1. The smallest absolute Gasteiger partial charge is 0.339 e. The normalized spacial score (nSPS) is 32.0. The van der Waals surface area contributed by atoms with E-state index in [-0.39, 0.29) is 35.3 Å². The number of allylic oxidation sites excluding steroid dienone is 2. The summed E-state index contributed by atoms with van der Waals surface area (Å²) < 4.78 is 0. The summed E-state index contributed by atoms with van der Waals surface area (Å²) >= 11 is 17.5. The first-order valence-corrected chi connectivity index (χ1v) is 14.9. The van der Waals surface area contributed by atoms with Crippen LogP contribution in [0.15, 0.2) is 48.0 Å². The molecule has 6 rings (SSSR count). The maximum Gasteiger partial charge on any atom is 0.339 e. The van der Waals surface area contributed by atoms with Gasteiger partial charge >= 0.3 is 5.97 Å². The molecule has 0 unspecified atom stereocenters. The summed E-state index contributed by atoms with van der Waals surface area (Å²) in [6, 6.07) is 8.35. The third-order valence-electron chi connectivity index (χ3n) is 9.06. The molecule has 0 spiro atoms. The number of phenolic OH excluding ortho intramolecular Hbond substituents is 1. The minimum Gasteiger partial charge on any atom is -0.507 e. The lowest BCUT2D eigenvalue weighted by Gasteiger charge is -2.50. The topological polar surface area (TPSA) is 153 Å². The fourth-order valence-corrected chi connectivity index (χ4v) is 8.52. The summed E-state index contributed by atoms with van der Waals surface area (Å²) in [5.74, 6) is -8.53. The number of fused-ring (bicyclic) bond motifs is 4. The van der Waals surface area contributed by atoms with E-state index in [0.717, 1.165) is 21.9 Å². The van der Waals surface area contributed by atoms with Crippen molar-refractivity contribution in [2.45, 2.75) is 35.4 Å². The first kappa shape index (κ1) is 28.7. The van der Waals surface area contributed by atoms with Gasteiger partial charge in [-0.15, -0.1) is 23.2 Å². The second-order valence-corrected chi connectivity index (χ2v) is 12.8. The zero-order valence-electron chi connectivity index (χ0n) is 21.9. The predicted molar refractivity (Wildman–Crippen MR) is 154 cm³/mol. The average Bonchev–Trinajstić information content (AvgIpc) is 3.28. The molecule has 0 aromatic heterocycles. The van der Waals surface area contributed by atoms with Gasteiger partial charge in [0.1, 0.15) is 17.1 Å². The van der Waals surface area contributed by atoms with Crippen LogP contribution in [0.3, 0.4) is 0 Å². The van der Waals surface area contributed by atoms with Gasteiger partial charge in [-0.2, -0.15) is 0 Å². The van der Waals surface area contributed by atoms with E-state index in [9.17, 15) is 39.3 Å². The van der Waals surface area contributed by atoms with Gasteiger partial charge in [0.15, 0.2) is 9.75 Å². The molecule has 0 radical (unpaired) electrons. The monoisotopic (exact) mass is 676 g/mol. The first-order chi connectivity index (χ1) is 19.8. The Morgan fingerprint density at radius 3 is 2.40 bits per heavy atom. The quantitative estimate of drug-likeness (QED) is 0.190. The Balaban J connectivity index is 1.51. The van der Waals surface area contributed by atoms with Crippen LogP contribution in [0.2, 0.25) is 0 Å². The fraction of sp³-hybridized carbons (Fsp3) is 0.345. The number of anilines is 1. The Hall–Kier alpha value is -3.41. The standard InChI is InChI=1S/C29H23BrCl2N2O8/c1-12-3-2-4-17(22(12)36)21-14-7-8-16-20(18(14)10-28(31)26(41)33(11-30)27(42)29(21,28)32)24(38)34(23(16)37)13-5-6-15(25(39)40)19(35)9-13/h2-7,9,16,18,20-21,35-36H,8,10-11H2,1H3,(H,39,40)/t16-,18+,20-,21+,28+,29-/m0/s1. The number of benzene rings is 2. The van der Waals surface area contributed by atoms with Crippen molar-refractivity contribution in [3.05, 3.63) is 64.7 Å². The number of amides is 4. The summed E-state index contributed by atoms with van der Waals surface area (Å²) in [6.07, 6.45) is 1.62. The molecule has 2 aliphatic heterocycles. The maximum atomic E-state index is 14.0. The van der Waals surface area contributed by atoms with Crippen LogP contribution in [0.5, 0.6) is 11.5 Å². The number of halogens is 3. The van der Waals surface area contributed by atoms with Crippen molar-refractivity contribution in [2.24, 2.45) is 17.8 Å². The molecule has 42 heavy (non-hydrogen) atoms. The third kappa shape index (κ3) is 3.53. The fourth-order valence-electron chi connectivity index (χ4n) is 7.11. The highest BCUT2D eigenvalue weighted by Crippen LogP contribution is 2.66. The lowest BCUT2D eigenvalue weighted by atomic mass is 9.56. The van der Waals surface area contributed by atoms with Crippen LogP contribution in [0, 0.1) is 24.7 Å². The Kier molecular flexibility index (Phi) is 6.53. The van der Waals surface area contributed by atoms with Gasteiger partial charge in [-0.1, -0.05) is 45.8 Å². The number of imide groups is 2. The number of hydrogen-bond acceptors (Lipinski definition) is 7. The van der Waals surface area contributed by atoms with Crippen molar-refractivity contribution in [1.82, 2.24) is 4.90 Å². The molecule has 2 aromatic rings. The zero-order valence-corrected chi connectivity index (χ0v) is 25.0. The van der Waals surface area contributed by atoms with Crippen LogP contribution >= 0.6 is 39.1 Å². The molecule has 2 saturated heterocycles. The number of rotatable bonds is 4. The van der Waals surface area contributed by atoms with Crippen LogP contribution in [-0.2, 0) is 19.2 Å². The maximum absolute atomic E-state index is 14.0. The van der Waals surface area contributed by atoms with Gasteiger partial charge in [-0.25, -0.2) is 9.69 Å². The number of aromatic hydroxyl groups is 2. The minimum atomic E-state index is -2.04. The average molecular weight is 678 g/mol. The van der Waals surface area contributed by atoms with Crippen molar-refractivity contribution in [1.29, 1.82) is 0 Å². The number of aromatic carboxylic acids is 1. The molecule has 2 aliphatic carbocycles. The van der Waals surface area contributed by atoms with Gasteiger partial charge in [-0.3, -0.25) is 24.1 Å². The highest BCUT2D eigenvalue weighted by Gasteiger charge is 2.76. The number of aryl methyl sites for hydroxylation is 1. The van der Waals surface area contributed by atoms with Gasteiger partial charge < -0.3 is 15.3 Å². The first-order valence-electron chi connectivity index (χ1n) is 13.0. The molecule has 6 atom stereocenters. The second kappa shape index (κ2) is 9.55. The van der Waals surface area contributed by atoms with Crippen molar-refractivity contribution in [3.8, 4) is 11.5 Å². The van der Waals surface area contributed by atoms with Crippen LogP contribution in [0.4, 0.5) is 5.69 Å². The number of carbonyl (C=O) groups is 5. The van der Waals surface area contributed by atoms with E-state index in [1.807, 2.05) is 0 Å². The Bertz CT molecular complexity index is 1660. The number of carboxylic acids is 1. The molecule has 2 heterocycles. The predicted octanol–water partition coefficient (Wildman–Crippen LogP) is 4.02. The second-order valence-electron chi connectivity index (χ2n) is 11.0. The summed E-state index contributed by atoms with van der Waals surface area (Å²) in [5.41, 5.74) is 0.726. The summed E-state index contributed by atoms with van der Waals surface area (Å²) in [5, 5.41) is 30.7. The number of phenols is 2. The summed E-state index contributed by atoms with van der Waals surface area (Å²) in [7, 11) is 0. The summed E-state index contributed by atoms with van der Waals surface area (Å²) in [4.78, 5) is 64.3. The molecule has 4 amide bonds. The molecule has 10 nitrogen and oxygen atoms in total. The van der Waals surface area contributed by atoms with Crippen molar-refractivity contribution in [3.63, 3.8) is 0 Å². The Labute approximate surface area is 257 Å². The van der Waals surface area contributed by atoms with E-state index in [4.69, 9.17) is 23.2 Å². The molecular formula is C29H23BrCl2N2O8. The lowest BCUT2D eigenvalue weighted by molar-refractivity contribution is -0.138. The number of nitrogens with zero attached hydrogens (tertiary/aromatic N) is 2. The van der Waals surface area contributed by atoms with Gasteiger partial charge in [-0.05, 0) is 43.4 Å². The molecule has 3 fully saturated rings. The third-order valence-corrected chi connectivity index (χ3v) is 11.0. The molecule has 3 N–H and O–H groups in total. The Morgan fingerprint density at radius 1 is 1.05 bits per heavy atom. The molecule has 1 saturated carbocycles. The summed E-state index contributed by atoms with van der Waals surface area (Å²) in [6.45, 7) is 1.67. The van der Waals surface area contributed by atoms with E-state index >= 15 is 0 Å². The van der Waals surface area contributed by atoms with Crippen LogP contribution in [-0.4, -0.2) is 65.0 Å². The van der Waals surface area contributed by atoms with E-state index in [2.05, 4.69) is 15.9 Å². The number of carbonyl (C=O) groups excluding carboxylic acids is 4. The Morgan fingerprint density at radius 2 is 1.76 bits per heavy atom. The van der Waals surface area contributed by atoms with E-state index in [1.54, 1.807) is 31.2 Å². The number of alkyl halides is 3. The molecule has 0 bridgehead atoms. The van der Waals surface area contributed by atoms with E-state index < -0.39 is 74.3 Å². The molecule has 2 aromatic carbocycles. The van der Waals surface area contributed by atoms with E-state index in [0.29, 0.717) is 11.1 Å². The van der Waals surface area contributed by atoms with Gasteiger partial charge in [0.25, 0.3) is 11.8 Å². The number of hydrogen-bond donors (Lipinski definition) is 3. The van der Waals surface area contributed by atoms with Crippen molar-refractivity contribution < 1.29 is 39.3 Å². The van der Waals surface area contributed by atoms with Crippen LogP contribution in [0.25, 0.3) is 0 Å². The van der Waals surface area contributed by atoms with E-state index in [1.165, 1.54) is 6.07 Å². The van der Waals surface area contributed by atoms with Gasteiger partial charge in [0.05, 0.1) is 23.0 Å². The van der Waals surface area contributed by atoms with Crippen molar-refractivity contribution in [2.75, 3.05) is 10.4 Å². The molecular weight excluding hydrogens is 655 g/mol. The van der Waals surface area contributed by atoms with Gasteiger partial charge in [0, 0.05) is 17.5 Å². The number of likely N-dealkylation sites (tertiary alicyclic amines) is 1. The van der Waals surface area contributed by atoms with Crippen LogP contribution < -0.4 is 4.90 Å². The lowest BCUT2D eigenvalue weighted by Crippen LogP contribution is -2.60. The molecule has 4 aliphatic rings.